The van der Waals surface area contributed by atoms with Crippen molar-refractivity contribution in [3.63, 3.8) is 0 Å². The largest absolute Gasteiger partial charge is 0.466 e. The Morgan fingerprint density at radius 2 is 1.70 bits per heavy atom. The SMILES string of the molecule is CCOC(=O)C1CC(=O)CC(COC(=O)C2CCCC(=O)C2)C1. The minimum Gasteiger partial charge on any atom is -0.466 e. The van der Waals surface area contributed by atoms with Gasteiger partial charge in [0.2, 0.25) is 0 Å². The molecule has 2 rings (SSSR count). The number of carbonyl (C=O) groups is 4. The molecule has 0 bridgehead atoms. The van der Waals surface area contributed by atoms with Gasteiger partial charge in [-0.1, -0.05) is 0 Å². The van der Waals surface area contributed by atoms with Crippen LogP contribution in [0.5, 0.6) is 0 Å². The zero-order valence-electron chi connectivity index (χ0n) is 13.5. The van der Waals surface area contributed by atoms with E-state index in [9.17, 15) is 19.2 Å². The summed E-state index contributed by atoms with van der Waals surface area (Å²) in [6, 6.07) is 0. The van der Waals surface area contributed by atoms with Crippen molar-refractivity contribution < 1.29 is 28.7 Å². The maximum Gasteiger partial charge on any atom is 0.309 e. The van der Waals surface area contributed by atoms with E-state index in [1.54, 1.807) is 6.92 Å². The number of hydrogen-bond acceptors (Lipinski definition) is 6. The maximum atomic E-state index is 12.0. The normalized spacial score (nSPS) is 28.3. The molecular weight excluding hydrogens is 300 g/mol. The van der Waals surface area contributed by atoms with Crippen LogP contribution < -0.4 is 0 Å². The van der Waals surface area contributed by atoms with Crippen molar-refractivity contribution in [2.75, 3.05) is 13.2 Å². The fraction of sp³-hybridized carbons (Fsp3) is 0.765. The zero-order valence-corrected chi connectivity index (χ0v) is 13.5. The number of ketones is 2. The van der Waals surface area contributed by atoms with Crippen LogP contribution in [-0.2, 0) is 28.7 Å². The minimum atomic E-state index is -0.434. The van der Waals surface area contributed by atoms with Crippen LogP contribution >= 0.6 is 0 Å². The van der Waals surface area contributed by atoms with Crippen LogP contribution in [0.4, 0.5) is 0 Å². The first-order chi connectivity index (χ1) is 11.0. The molecule has 0 heterocycles. The third-order valence-electron chi connectivity index (χ3n) is 4.51. The predicted octanol–water partition coefficient (Wildman–Crippen LogP) is 1.84. The number of carbonyl (C=O) groups excluding carboxylic acids is 4. The Morgan fingerprint density at radius 3 is 2.39 bits per heavy atom. The van der Waals surface area contributed by atoms with Gasteiger partial charge in [0.15, 0.2) is 0 Å². The standard InChI is InChI=1S/C17H24O6/c1-2-22-17(21)13-6-11(7-15(19)9-13)10-23-16(20)12-4-3-5-14(18)8-12/h11-13H,2-10H2,1H3. The van der Waals surface area contributed by atoms with Gasteiger partial charge < -0.3 is 9.47 Å². The van der Waals surface area contributed by atoms with Gasteiger partial charge in [0, 0.05) is 31.6 Å². The molecule has 2 saturated carbocycles. The van der Waals surface area contributed by atoms with Gasteiger partial charge in [-0.2, -0.15) is 0 Å². The molecule has 2 fully saturated rings. The molecule has 0 amide bonds. The van der Waals surface area contributed by atoms with Crippen LogP contribution in [0.25, 0.3) is 0 Å². The van der Waals surface area contributed by atoms with Crippen molar-refractivity contribution in [2.45, 2.75) is 51.9 Å². The number of Topliss-reactive ketones (excluding diaryl/α,β-unsaturated/α-hetero) is 2. The molecule has 0 aromatic carbocycles. The monoisotopic (exact) mass is 324 g/mol. The number of ether oxygens (including phenoxy) is 2. The molecule has 0 aliphatic heterocycles. The molecule has 128 valence electrons. The predicted molar refractivity (Wildman–Crippen MR) is 80.4 cm³/mol. The molecule has 2 aliphatic carbocycles. The van der Waals surface area contributed by atoms with E-state index in [1.807, 2.05) is 0 Å². The zero-order chi connectivity index (χ0) is 16.8. The highest BCUT2D eigenvalue weighted by Gasteiger charge is 2.34. The molecule has 0 N–H and O–H groups in total. The summed E-state index contributed by atoms with van der Waals surface area (Å²) in [5.41, 5.74) is 0. The second-order valence-electron chi connectivity index (χ2n) is 6.46. The van der Waals surface area contributed by atoms with Crippen molar-refractivity contribution in [2.24, 2.45) is 17.8 Å². The molecule has 0 spiro atoms. The van der Waals surface area contributed by atoms with E-state index in [2.05, 4.69) is 0 Å². The van der Waals surface area contributed by atoms with Crippen LogP contribution in [0.1, 0.15) is 51.9 Å². The lowest BCUT2D eigenvalue weighted by Crippen LogP contribution is -2.33. The molecule has 0 saturated heterocycles. The summed E-state index contributed by atoms with van der Waals surface area (Å²) >= 11 is 0. The molecule has 3 atom stereocenters. The Labute approximate surface area is 135 Å². The van der Waals surface area contributed by atoms with E-state index in [1.165, 1.54) is 0 Å². The van der Waals surface area contributed by atoms with Gasteiger partial charge in [-0.25, -0.2) is 0 Å². The van der Waals surface area contributed by atoms with E-state index < -0.39 is 5.92 Å². The van der Waals surface area contributed by atoms with E-state index in [0.717, 1.165) is 6.42 Å². The summed E-state index contributed by atoms with van der Waals surface area (Å²) < 4.78 is 10.3. The minimum absolute atomic E-state index is 0.00296. The molecule has 0 aromatic rings. The van der Waals surface area contributed by atoms with Gasteiger partial charge in [0.1, 0.15) is 11.6 Å². The van der Waals surface area contributed by atoms with Gasteiger partial charge in [0.05, 0.1) is 25.0 Å². The van der Waals surface area contributed by atoms with Crippen molar-refractivity contribution in [1.29, 1.82) is 0 Å². The summed E-state index contributed by atoms with van der Waals surface area (Å²) in [6.45, 7) is 2.15. The topological polar surface area (TPSA) is 86.7 Å². The molecular formula is C17H24O6. The summed E-state index contributed by atoms with van der Waals surface area (Å²) in [5, 5.41) is 0. The van der Waals surface area contributed by atoms with E-state index in [-0.39, 0.29) is 54.8 Å². The lowest BCUT2D eigenvalue weighted by molar-refractivity contribution is -0.156. The molecule has 6 heteroatoms. The summed E-state index contributed by atoms with van der Waals surface area (Å²) in [4.78, 5) is 47.0. The first kappa shape index (κ1) is 17.6. The van der Waals surface area contributed by atoms with Gasteiger partial charge in [0.25, 0.3) is 0 Å². The third kappa shape index (κ3) is 5.15. The quantitative estimate of drug-likeness (QED) is 0.717. The van der Waals surface area contributed by atoms with Crippen molar-refractivity contribution >= 4 is 23.5 Å². The molecule has 6 nitrogen and oxygen atoms in total. The van der Waals surface area contributed by atoms with E-state index >= 15 is 0 Å². The fourth-order valence-electron chi connectivity index (χ4n) is 3.36. The molecule has 2 aliphatic rings. The molecule has 0 aromatic heterocycles. The average molecular weight is 324 g/mol. The lowest BCUT2D eigenvalue weighted by atomic mass is 9.81. The highest BCUT2D eigenvalue weighted by atomic mass is 16.5. The number of rotatable bonds is 5. The van der Waals surface area contributed by atoms with Gasteiger partial charge in [-0.3, -0.25) is 19.2 Å². The van der Waals surface area contributed by atoms with Crippen molar-refractivity contribution in [3.05, 3.63) is 0 Å². The second-order valence-corrected chi connectivity index (χ2v) is 6.46. The fourth-order valence-corrected chi connectivity index (χ4v) is 3.36. The Kier molecular flexibility index (Phi) is 6.30. The summed E-state index contributed by atoms with van der Waals surface area (Å²) in [6.07, 6.45) is 3.25. The second kappa shape index (κ2) is 8.22. The molecule has 3 unspecified atom stereocenters. The Hall–Kier alpha value is -1.72. The molecule has 0 radical (unpaired) electrons. The average Bonchev–Trinajstić information content (AvgIpc) is 2.52. The van der Waals surface area contributed by atoms with Crippen molar-refractivity contribution in [3.8, 4) is 0 Å². The van der Waals surface area contributed by atoms with Crippen LogP contribution in [0, 0.1) is 17.8 Å². The Balaban J connectivity index is 1.82. The van der Waals surface area contributed by atoms with Gasteiger partial charge >= 0.3 is 11.9 Å². The first-order valence-electron chi connectivity index (χ1n) is 8.36. The Bertz CT molecular complexity index is 483. The lowest BCUT2D eigenvalue weighted by Gasteiger charge is -2.27. The van der Waals surface area contributed by atoms with Crippen LogP contribution in [0.2, 0.25) is 0 Å². The van der Waals surface area contributed by atoms with Gasteiger partial charge in [-0.05, 0) is 26.2 Å². The smallest absolute Gasteiger partial charge is 0.309 e. The van der Waals surface area contributed by atoms with Crippen molar-refractivity contribution in [1.82, 2.24) is 0 Å². The first-order valence-corrected chi connectivity index (χ1v) is 8.36. The van der Waals surface area contributed by atoms with E-state index in [4.69, 9.17) is 9.47 Å². The third-order valence-corrected chi connectivity index (χ3v) is 4.51. The van der Waals surface area contributed by atoms with E-state index in [0.29, 0.717) is 32.3 Å². The van der Waals surface area contributed by atoms with Crippen LogP contribution in [0.15, 0.2) is 0 Å². The van der Waals surface area contributed by atoms with Crippen LogP contribution in [0.3, 0.4) is 0 Å². The number of esters is 2. The Morgan fingerprint density at radius 1 is 1.00 bits per heavy atom. The highest BCUT2D eigenvalue weighted by molar-refractivity contribution is 5.86. The molecule has 23 heavy (non-hydrogen) atoms. The van der Waals surface area contributed by atoms with Gasteiger partial charge in [-0.15, -0.1) is 0 Å². The summed E-state index contributed by atoms with van der Waals surface area (Å²) in [5.74, 6) is -1.53. The maximum absolute atomic E-state index is 12.0. The summed E-state index contributed by atoms with van der Waals surface area (Å²) in [7, 11) is 0. The van der Waals surface area contributed by atoms with Crippen LogP contribution in [-0.4, -0.2) is 36.7 Å². The highest BCUT2D eigenvalue weighted by Crippen LogP contribution is 2.29. The number of hydrogen-bond donors (Lipinski definition) is 0.